The minimum absolute atomic E-state index is 0.0169. The van der Waals surface area contributed by atoms with Gasteiger partial charge in [0.05, 0.1) is 24.0 Å². The summed E-state index contributed by atoms with van der Waals surface area (Å²) in [6.45, 7) is 17.8. The lowest BCUT2D eigenvalue weighted by Crippen LogP contribution is -2.45. The Balaban J connectivity index is 1.71. The molecule has 0 aliphatic carbocycles. The largest absolute Gasteiger partial charge is 0.758 e. The molecule has 0 spiro atoms. The first-order valence-electron chi connectivity index (χ1n) is 15.6. The van der Waals surface area contributed by atoms with Gasteiger partial charge in [0, 0.05) is 42.9 Å². The van der Waals surface area contributed by atoms with Crippen molar-refractivity contribution in [1.29, 1.82) is 0 Å². The van der Waals surface area contributed by atoms with Crippen LogP contribution in [0.15, 0.2) is 65.5 Å². The van der Waals surface area contributed by atoms with Gasteiger partial charge in [-0.25, -0.2) is 9.18 Å². The first-order valence-corrected chi connectivity index (χ1v) is 15.6. The molecule has 8 heteroatoms. The second-order valence-electron chi connectivity index (χ2n) is 13.9. The van der Waals surface area contributed by atoms with Crippen LogP contribution in [0.2, 0.25) is 0 Å². The first-order chi connectivity index (χ1) is 20.6. The van der Waals surface area contributed by atoms with Crippen molar-refractivity contribution in [1.82, 2.24) is 9.96 Å². The highest BCUT2D eigenvalue weighted by Crippen LogP contribution is 2.42. The average Bonchev–Trinajstić information content (AvgIpc) is 2.94. The van der Waals surface area contributed by atoms with Gasteiger partial charge in [0.1, 0.15) is 11.6 Å². The number of piperidine rings is 1. The summed E-state index contributed by atoms with van der Waals surface area (Å²) < 4.78 is 31.3. The van der Waals surface area contributed by atoms with E-state index in [0.29, 0.717) is 30.0 Å². The van der Waals surface area contributed by atoms with Gasteiger partial charge in [-0.15, -0.1) is 0 Å². The van der Waals surface area contributed by atoms with Crippen molar-refractivity contribution in [3.63, 3.8) is 0 Å². The van der Waals surface area contributed by atoms with Crippen LogP contribution in [-0.2, 0) is 20.7 Å². The standard InChI is InChI=1S/C36H48FN2O5/c1-24(2)43-34(40)33(44-35(4,5)6)30-23-39(41)25(3)31(32(30)38-20-18-36(7,8)19-21-38)27-11-15-29(16-12-27)42-22-17-26-9-13-28(37)14-10-26/h9-16,24,33H,17-23H2,1-8H3/q-1/t33-/m0/s1. The van der Waals surface area contributed by atoms with Crippen LogP contribution in [0.5, 0.6) is 5.75 Å². The van der Waals surface area contributed by atoms with Gasteiger partial charge in [0.25, 0.3) is 0 Å². The van der Waals surface area contributed by atoms with Gasteiger partial charge in [-0.2, -0.15) is 0 Å². The van der Waals surface area contributed by atoms with E-state index in [1.54, 1.807) is 12.1 Å². The van der Waals surface area contributed by atoms with Gasteiger partial charge in [-0.1, -0.05) is 38.1 Å². The summed E-state index contributed by atoms with van der Waals surface area (Å²) in [4.78, 5) is 15.9. The zero-order valence-electron chi connectivity index (χ0n) is 27.5. The molecule has 1 atom stereocenters. The summed E-state index contributed by atoms with van der Waals surface area (Å²) in [6.07, 6.45) is 1.27. The van der Waals surface area contributed by atoms with Gasteiger partial charge in [-0.3, -0.25) is 0 Å². The van der Waals surface area contributed by atoms with Gasteiger partial charge >= 0.3 is 5.97 Å². The number of carbonyl (C=O) groups is 1. The molecule has 0 bridgehead atoms. The normalized spacial score (nSPS) is 18.2. The van der Waals surface area contributed by atoms with Crippen molar-refractivity contribution >= 4 is 11.5 Å². The van der Waals surface area contributed by atoms with Crippen molar-refractivity contribution in [2.75, 3.05) is 26.2 Å². The molecule has 4 rings (SSSR count). The van der Waals surface area contributed by atoms with Crippen molar-refractivity contribution < 1.29 is 23.4 Å². The lowest BCUT2D eigenvalue weighted by Gasteiger charge is -2.47. The van der Waals surface area contributed by atoms with E-state index in [2.05, 4.69) is 18.7 Å². The Morgan fingerprint density at radius 2 is 1.64 bits per heavy atom. The fourth-order valence-corrected chi connectivity index (χ4v) is 5.62. The minimum Gasteiger partial charge on any atom is -0.758 e. The highest BCUT2D eigenvalue weighted by atomic mass is 19.1. The third-order valence-corrected chi connectivity index (χ3v) is 8.09. The second-order valence-corrected chi connectivity index (χ2v) is 13.9. The van der Waals surface area contributed by atoms with E-state index >= 15 is 0 Å². The molecule has 2 aromatic carbocycles. The molecular weight excluding hydrogens is 559 g/mol. The van der Waals surface area contributed by atoms with Crippen LogP contribution in [0.3, 0.4) is 0 Å². The highest BCUT2D eigenvalue weighted by Gasteiger charge is 2.39. The van der Waals surface area contributed by atoms with Crippen molar-refractivity contribution in [3.05, 3.63) is 87.6 Å². The lowest BCUT2D eigenvalue weighted by atomic mass is 9.81. The smallest absolute Gasteiger partial charge is 0.340 e. The van der Waals surface area contributed by atoms with Crippen LogP contribution in [-0.4, -0.2) is 60.0 Å². The van der Waals surface area contributed by atoms with Crippen molar-refractivity contribution in [2.45, 2.75) is 92.5 Å². The van der Waals surface area contributed by atoms with E-state index in [0.717, 1.165) is 53.4 Å². The molecule has 1 saturated heterocycles. The van der Waals surface area contributed by atoms with Crippen molar-refractivity contribution in [3.8, 4) is 5.75 Å². The molecule has 0 aromatic heterocycles. The van der Waals surface area contributed by atoms with E-state index in [1.165, 1.54) is 12.1 Å². The van der Waals surface area contributed by atoms with Gasteiger partial charge < -0.3 is 29.4 Å². The van der Waals surface area contributed by atoms with E-state index in [9.17, 15) is 14.4 Å². The molecule has 7 nitrogen and oxygen atoms in total. The van der Waals surface area contributed by atoms with E-state index in [4.69, 9.17) is 14.2 Å². The monoisotopic (exact) mass is 607 g/mol. The number of ether oxygens (including phenoxy) is 3. The van der Waals surface area contributed by atoms with E-state index < -0.39 is 17.7 Å². The van der Waals surface area contributed by atoms with Crippen LogP contribution >= 0.6 is 0 Å². The molecule has 0 unspecified atom stereocenters. The predicted octanol–water partition coefficient (Wildman–Crippen LogP) is 7.50. The second kappa shape index (κ2) is 13.7. The molecule has 2 aliphatic heterocycles. The first kappa shape index (κ1) is 33.5. The van der Waals surface area contributed by atoms with Gasteiger partial charge in [0.2, 0.25) is 0 Å². The number of hydrogen-bond donors (Lipinski definition) is 0. The molecular formula is C36H48FN2O5-. The summed E-state index contributed by atoms with van der Waals surface area (Å²) in [7, 11) is 0. The SMILES string of the molecule is CC1=C(c2ccc(OCCc3ccc(F)cc3)cc2)C(N2CCC(C)(C)CC2)=C([C@H](OC(C)(C)C)C(=O)OC(C)C)CN1[O-]. The third kappa shape index (κ3) is 8.63. The maximum atomic E-state index is 13.6. The lowest BCUT2D eigenvalue weighted by molar-refractivity contribution is -0.166. The van der Waals surface area contributed by atoms with Crippen molar-refractivity contribution in [2.24, 2.45) is 5.41 Å². The molecule has 0 radical (unpaired) electrons. The Kier molecular flexibility index (Phi) is 10.5. The Hall–Kier alpha value is -3.36. The molecule has 2 heterocycles. The Bertz CT molecular complexity index is 1350. The van der Waals surface area contributed by atoms with Crippen LogP contribution in [0.1, 0.15) is 79.4 Å². The Morgan fingerprint density at radius 1 is 1.02 bits per heavy atom. The Labute approximate surface area is 262 Å². The maximum Gasteiger partial charge on any atom is 0.340 e. The molecule has 0 saturated carbocycles. The molecule has 1 fully saturated rings. The fraction of sp³-hybridized carbons (Fsp3) is 0.528. The predicted molar refractivity (Wildman–Crippen MR) is 172 cm³/mol. The fourth-order valence-electron chi connectivity index (χ4n) is 5.62. The average molecular weight is 608 g/mol. The minimum atomic E-state index is -1.03. The number of hydrogen-bond acceptors (Lipinski definition) is 7. The number of carbonyl (C=O) groups excluding carboxylic acids is 1. The quantitative estimate of drug-likeness (QED) is 0.259. The number of esters is 1. The summed E-state index contributed by atoms with van der Waals surface area (Å²) in [5.74, 6) is -0.0482. The van der Waals surface area contributed by atoms with E-state index in [1.807, 2.05) is 65.8 Å². The van der Waals surface area contributed by atoms with Crippen LogP contribution in [0, 0.1) is 16.4 Å². The third-order valence-electron chi connectivity index (χ3n) is 8.09. The number of halogens is 1. The van der Waals surface area contributed by atoms with Crippen LogP contribution in [0.4, 0.5) is 4.39 Å². The van der Waals surface area contributed by atoms with Crippen LogP contribution < -0.4 is 4.74 Å². The van der Waals surface area contributed by atoms with Gasteiger partial charge in [-0.05, 0) is 95.2 Å². The number of likely N-dealkylation sites (tertiary alicyclic amines) is 1. The summed E-state index contributed by atoms with van der Waals surface area (Å²) in [5, 5.41) is 14.5. The van der Waals surface area contributed by atoms with Crippen LogP contribution in [0.25, 0.3) is 5.57 Å². The summed E-state index contributed by atoms with van der Waals surface area (Å²) >= 11 is 0. The topological polar surface area (TPSA) is 74.3 Å². The number of nitrogens with zero attached hydrogens (tertiary/aromatic N) is 2. The van der Waals surface area contributed by atoms with Gasteiger partial charge in [0.15, 0.2) is 6.10 Å². The highest BCUT2D eigenvalue weighted by molar-refractivity contribution is 5.87. The molecule has 2 aromatic rings. The number of rotatable bonds is 10. The molecule has 2 aliphatic rings. The summed E-state index contributed by atoms with van der Waals surface area (Å²) in [6, 6.07) is 14.1. The number of allylic oxidation sites excluding steroid dienone is 2. The number of hydroxylamine groups is 2. The molecule has 0 N–H and O–H groups in total. The Morgan fingerprint density at radius 3 is 2.20 bits per heavy atom. The molecule has 0 amide bonds. The number of benzene rings is 2. The molecule has 240 valence electrons. The summed E-state index contributed by atoms with van der Waals surface area (Å²) in [5.41, 5.74) is 4.30. The van der Waals surface area contributed by atoms with E-state index in [-0.39, 0.29) is 23.9 Å². The zero-order valence-corrected chi connectivity index (χ0v) is 27.5. The zero-order chi connectivity index (χ0) is 32.2. The maximum absolute atomic E-state index is 13.6. The molecule has 44 heavy (non-hydrogen) atoms.